The third-order valence-electron chi connectivity index (χ3n) is 4.34. The molecule has 7 nitrogen and oxygen atoms in total. The maximum Gasteiger partial charge on any atom is 0.266 e. The minimum absolute atomic E-state index is 0.00568. The maximum atomic E-state index is 13.3. The normalized spacial score (nSPS) is 11.4. The minimum atomic E-state index is -3.93. The highest BCUT2D eigenvalue weighted by Crippen LogP contribution is 2.34. The van der Waals surface area contributed by atoms with Gasteiger partial charge in [0.15, 0.2) is 5.76 Å². The maximum absolute atomic E-state index is 13.3. The second-order valence-corrected chi connectivity index (χ2v) is 8.39. The fourth-order valence-electron chi connectivity index (χ4n) is 2.83. The molecule has 0 aliphatic carbocycles. The number of anilines is 2. The van der Waals surface area contributed by atoms with Crippen LogP contribution >= 0.6 is 0 Å². The van der Waals surface area contributed by atoms with Crippen LogP contribution in [-0.4, -0.2) is 20.0 Å². The van der Waals surface area contributed by atoms with Gasteiger partial charge in [-0.2, -0.15) is 4.98 Å². The lowest BCUT2D eigenvalue weighted by Crippen LogP contribution is -2.05. The molecular formula is C22H20N2O5S. The molecular weight excluding hydrogens is 404 g/mol. The van der Waals surface area contributed by atoms with Crippen molar-refractivity contribution in [2.75, 3.05) is 11.9 Å². The van der Waals surface area contributed by atoms with Crippen molar-refractivity contribution in [1.82, 2.24) is 4.98 Å². The van der Waals surface area contributed by atoms with Gasteiger partial charge in [-0.25, -0.2) is 8.42 Å². The average molecular weight is 424 g/mol. The first-order valence-corrected chi connectivity index (χ1v) is 10.8. The van der Waals surface area contributed by atoms with Crippen LogP contribution in [0, 0.1) is 6.92 Å². The number of ether oxygens (including phenoxy) is 1. The molecule has 154 valence electrons. The van der Waals surface area contributed by atoms with Gasteiger partial charge in [-0.05, 0) is 62.4 Å². The molecule has 4 aromatic rings. The molecule has 2 heterocycles. The Hall–Kier alpha value is -3.52. The van der Waals surface area contributed by atoms with Crippen LogP contribution in [0.2, 0.25) is 0 Å². The quantitative estimate of drug-likeness (QED) is 0.435. The average Bonchev–Trinajstić information content (AvgIpc) is 3.40. The van der Waals surface area contributed by atoms with Crippen molar-refractivity contribution in [2.24, 2.45) is 0 Å². The van der Waals surface area contributed by atoms with Gasteiger partial charge in [-0.15, -0.1) is 0 Å². The lowest BCUT2D eigenvalue weighted by atomic mass is 10.2. The van der Waals surface area contributed by atoms with E-state index in [9.17, 15) is 8.42 Å². The number of aryl methyl sites for hydroxylation is 1. The van der Waals surface area contributed by atoms with Gasteiger partial charge in [-0.1, -0.05) is 17.7 Å². The molecule has 0 spiro atoms. The molecule has 0 fully saturated rings. The zero-order valence-electron chi connectivity index (χ0n) is 16.5. The fraction of sp³-hybridized carbons (Fsp3) is 0.136. The Morgan fingerprint density at radius 2 is 1.77 bits per heavy atom. The summed E-state index contributed by atoms with van der Waals surface area (Å²) in [6.07, 6.45) is 1.47. The smallest absolute Gasteiger partial charge is 0.266 e. The van der Waals surface area contributed by atoms with E-state index in [0.29, 0.717) is 23.8 Å². The molecule has 0 aliphatic rings. The van der Waals surface area contributed by atoms with Crippen LogP contribution in [-0.2, 0) is 9.84 Å². The van der Waals surface area contributed by atoms with E-state index in [-0.39, 0.29) is 21.7 Å². The SMILES string of the molecule is CCOc1ccc(Nc2oc(-c3ccco3)nc2S(=O)(=O)c2ccc(C)cc2)cc1. The number of furan rings is 1. The summed E-state index contributed by atoms with van der Waals surface area (Å²) >= 11 is 0. The summed E-state index contributed by atoms with van der Waals surface area (Å²) < 4.78 is 43.0. The summed E-state index contributed by atoms with van der Waals surface area (Å²) in [4.78, 5) is 4.36. The second-order valence-electron chi connectivity index (χ2n) is 6.53. The summed E-state index contributed by atoms with van der Waals surface area (Å²) in [5.74, 6) is 1.12. The lowest BCUT2D eigenvalue weighted by Gasteiger charge is -2.08. The van der Waals surface area contributed by atoms with Crippen molar-refractivity contribution in [1.29, 1.82) is 0 Å². The summed E-state index contributed by atoms with van der Waals surface area (Å²) in [5.41, 5.74) is 1.58. The molecule has 0 saturated heterocycles. The molecule has 0 aliphatic heterocycles. The van der Waals surface area contributed by atoms with Gasteiger partial charge in [0.2, 0.25) is 20.7 Å². The number of hydrogen-bond donors (Lipinski definition) is 1. The number of nitrogens with zero attached hydrogens (tertiary/aromatic N) is 1. The number of sulfone groups is 1. The van der Waals surface area contributed by atoms with Crippen LogP contribution < -0.4 is 10.1 Å². The second kappa shape index (κ2) is 8.08. The van der Waals surface area contributed by atoms with Gasteiger partial charge < -0.3 is 18.9 Å². The predicted molar refractivity (Wildman–Crippen MR) is 112 cm³/mol. The molecule has 0 amide bonds. The zero-order valence-corrected chi connectivity index (χ0v) is 17.3. The number of aromatic nitrogens is 1. The first-order chi connectivity index (χ1) is 14.5. The Morgan fingerprint density at radius 1 is 1.03 bits per heavy atom. The van der Waals surface area contributed by atoms with E-state index in [1.54, 1.807) is 60.7 Å². The third kappa shape index (κ3) is 3.95. The number of nitrogens with one attached hydrogen (secondary N) is 1. The first kappa shape index (κ1) is 19.8. The molecule has 8 heteroatoms. The molecule has 0 radical (unpaired) electrons. The van der Waals surface area contributed by atoms with Crippen molar-refractivity contribution in [2.45, 2.75) is 23.8 Å². The van der Waals surface area contributed by atoms with Crippen molar-refractivity contribution in [3.63, 3.8) is 0 Å². The van der Waals surface area contributed by atoms with E-state index in [1.807, 2.05) is 13.8 Å². The molecule has 2 aromatic carbocycles. The van der Waals surface area contributed by atoms with Crippen LogP contribution in [0.3, 0.4) is 0 Å². The molecule has 0 atom stereocenters. The monoisotopic (exact) mass is 424 g/mol. The Labute approximate surface area is 174 Å². The van der Waals surface area contributed by atoms with Gasteiger partial charge in [0.05, 0.1) is 17.8 Å². The van der Waals surface area contributed by atoms with Crippen molar-refractivity contribution >= 4 is 21.4 Å². The molecule has 30 heavy (non-hydrogen) atoms. The van der Waals surface area contributed by atoms with Gasteiger partial charge in [0.25, 0.3) is 5.89 Å². The van der Waals surface area contributed by atoms with Crippen molar-refractivity contribution in [3.8, 4) is 17.4 Å². The Morgan fingerprint density at radius 3 is 2.40 bits per heavy atom. The highest BCUT2D eigenvalue weighted by Gasteiger charge is 2.29. The number of oxazole rings is 1. The molecule has 0 unspecified atom stereocenters. The fourth-order valence-corrected chi connectivity index (χ4v) is 4.09. The Balaban J connectivity index is 1.76. The molecule has 4 rings (SSSR count). The number of hydrogen-bond acceptors (Lipinski definition) is 7. The van der Waals surface area contributed by atoms with Crippen LogP contribution in [0.4, 0.5) is 11.6 Å². The van der Waals surface area contributed by atoms with Crippen LogP contribution in [0.15, 0.2) is 85.7 Å². The van der Waals surface area contributed by atoms with Crippen LogP contribution in [0.1, 0.15) is 12.5 Å². The number of rotatable bonds is 7. The van der Waals surface area contributed by atoms with Gasteiger partial charge in [-0.3, -0.25) is 0 Å². The van der Waals surface area contributed by atoms with Crippen molar-refractivity contribution in [3.05, 3.63) is 72.5 Å². The first-order valence-electron chi connectivity index (χ1n) is 9.33. The summed E-state index contributed by atoms with van der Waals surface area (Å²) in [7, 11) is -3.93. The van der Waals surface area contributed by atoms with E-state index in [0.717, 1.165) is 5.56 Å². The molecule has 0 saturated carbocycles. The predicted octanol–water partition coefficient (Wildman–Crippen LogP) is 5.22. The zero-order chi connectivity index (χ0) is 21.1. The van der Waals surface area contributed by atoms with Crippen LogP contribution in [0.5, 0.6) is 5.75 Å². The van der Waals surface area contributed by atoms with E-state index in [1.165, 1.54) is 6.26 Å². The van der Waals surface area contributed by atoms with E-state index < -0.39 is 9.84 Å². The highest BCUT2D eigenvalue weighted by atomic mass is 32.2. The topological polar surface area (TPSA) is 94.6 Å². The van der Waals surface area contributed by atoms with E-state index in [2.05, 4.69) is 10.3 Å². The third-order valence-corrected chi connectivity index (χ3v) is 6.02. The lowest BCUT2D eigenvalue weighted by molar-refractivity contribution is 0.340. The van der Waals surface area contributed by atoms with Gasteiger partial charge in [0, 0.05) is 5.69 Å². The van der Waals surface area contributed by atoms with E-state index >= 15 is 0 Å². The van der Waals surface area contributed by atoms with E-state index in [4.69, 9.17) is 13.6 Å². The Bertz CT molecular complexity index is 1230. The Kier molecular flexibility index (Phi) is 5.33. The number of benzene rings is 2. The van der Waals surface area contributed by atoms with Crippen LogP contribution in [0.25, 0.3) is 11.7 Å². The summed E-state index contributed by atoms with van der Waals surface area (Å²) in [5, 5.41) is 2.79. The highest BCUT2D eigenvalue weighted by molar-refractivity contribution is 7.91. The minimum Gasteiger partial charge on any atom is -0.494 e. The summed E-state index contributed by atoms with van der Waals surface area (Å²) in [6, 6.07) is 17.0. The molecule has 0 bridgehead atoms. The standard InChI is InChI=1S/C22H20N2O5S/c1-3-27-17-10-8-16(9-11-17)23-21-22(24-20(29-21)19-5-4-14-28-19)30(25,26)18-12-6-15(2)7-13-18/h4-14,23H,3H2,1-2H3. The molecule has 2 aromatic heterocycles. The van der Waals surface area contributed by atoms with Gasteiger partial charge >= 0.3 is 0 Å². The van der Waals surface area contributed by atoms with Crippen molar-refractivity contribution < 1.29 is 22.0 Å². The van der Waals surface area contributed by atoms with Gasteiger partial charge in [0.1, 0.15) is 5.75 Å². The summed E-state index contributed by atoms with van der Waals surface area (Å²) in [6.45, 7) is 4.35. The largest absolute Gasteiger partial charge is 0.494 e. The molecule has 1 N–H and O–H groups in total.